The van der Waals surface area contributed by atoms with Crippen molar-refractivity contribution in [2.75, 3.05) is 12.4 Å². The van der Waals surface area contributed by atoms with E-state index in [0.29, 0.717) is 22.7 Å². The maximum absolute atomic E-state index is 13.3. The van der Waals surface area contributed by atoms with Gasteiger partial charge in [0.25, 0.3) is 0 Å². The van der Waals surface area contributed by atoms with Crippen molar-refractivity contribution in [1.82, 2.24) is 24.7 Å². The molecule has 2 unspecified atom stereocenters. The van der Waals surface area contributed by atoms with E-state index in [1.165, 1.54) is 23.0 Å². The van der Waals surface area contributed by atoms with E-state index < -0.39 is 0 Å². The third-order valence-corrected chi connectivity index (χ3v) is 6.03. The largest absolute Gasteiger partial charge is 0.387 e. The number of aldehydes is 1. The second-order valence-electron chi connectivity index (χ2n) is 7.88. The van der Waals surface area contributed by atoms with Crippen LogP contribution in [0.1, 0.15) is 41.5 Å². The molecule has 5 heterocycles. The van der Waals surface area contributed by atoms with E-state index >= 15 is 0 Å². The molecule has 32 heavy (non-hydrogen) atoms. The molecule has 0 aliphatic carbocycles. The third-order valence-electron chi connectivity index (χ3n) is 5.14. The number of fused-ring (bicyclic) bond motifs is 2. The van der Waals surface area contributed by atoms with Crippen molar-refractivity contribution < 1.29 is 9.18 Å². The summed E-state index contributed by atoms with van der Waals surface area (Å²) >= 11 is 1.34. The highest BCUT2D eigenvalue weighted by atomic mass is 32.1. The lowest BCUT2D eigenvalue weighted by atomic mass is 9.97. The van der Waals surface area contributed by atoms with E-state index in [1.807, 2.05) is 19.1 Å². The lowest BCUT2D eigenvalue weighted by Crippen LogP contribution is -2.36. The van der Waals surface area contributed by atoms with Gasteiger partial charge in [0, 0.05) is 37.6 Å². The Bertz CT molecular complexity index is 1310. The molecule has 1 aliphatic heterocycles. The number of carbonyl (C=O) groups excluding carboxylic acids is 1. The summed E-state index contributed by atoms with van der Waals surface area (Å²) in [6, 6.07) is 6.19. The van der Waals surface area contributed by atoms with Gasteiger partial charge >= 0.3 is 0 Å². The number of aryl methyl sites for hydroxylation is 1. The SMILES string of the molecule is CC1C=C(c2ccc3nc(C=O)sc3n2)CC(C)N1.CNc1cc(F)c2nc(C)cn2c1. The molecular weight excluding hydrogens is 427 g/mol. The topological polar surface area (TPSA) is 84.2 Å². The van der Waals surface area contributed by atoms with Gasteiger partial charge in [-0.25, -0.2) is 19.3 Å². The summed E-state index contributed by atoms with van der Waals surface area (Å²) in [7, 11) is 1.75. The lowest BCUT2D eigenvalue weighted by molar-refractivity contribution is 0.112. The second-order valence-corrected chi connectivity index (χ2v) is 8.89. The van der Waals surface area contributed by atoms with Crippen molar-refractivity contribution >= 4 is 44.9 Å². The fraction of sp³-hybridized carbons (Fsp3) is 0.304. The highest BCUT2D eigenvalue weighted by molar-refractivity contribution is 7.19. The van der Waals surface area contributed by atoms with Crippen LogP contribution in [0.2, 0.25) is 0 Å². The molecule has 0 saturated heterocycles. The summed E-state index contributed by atoms with van der Waals surface area (Å²) < 4.78 is 15.0. The van der Waals surface area contributed by atoms with Crippen LogP contribution in [-0.4, -0.2) is 44.8 Å². The molecule has 0 spiro atoms. The van der Waals surface area contributed by atoms with Gasteiger partial charge in [-0.05, 0) is 44.9 Å². The van der Waals surface area contributed by atoms with Gasteiger partial charge in [-0.2, -0.15) is 0 Å². The van der Waals surface area contributed by atoms with E-state index in [2.05, 4.69) is 45.5 Å². The molecule has 9 heteroatoms. The third kappa shape index (κ3) is 4.68. The summed E-state index contributed by atoms with van der Waals surface area (Å²) in [5, 5.41) is 6.84. The summed E-state index contributed by atoms with van der Waals surface area (Å²) in [5.74, 6) is -0.306. The molecule has 0 saturated carbocycles. The van der Waals surface area contributed by atoms with Crippen LogP contribution in [0.15, 0.2) is 36.7 Å². The minimum absolute atomic E-state index is 0.306. The molecule has 166 valence electrons. The zero-order valence-electron chi connectivity index (χ0n) is 18.4. The summed E-state index contributed by atoms with van der Waals surface area (Å²) in [6.45, 7) is 6.16. The number of rotatable bonds is 3. The number of imidazole rings is 1. The van der Waals surface area contributed by atoms with E-state index in [4.69, 9.17) is 0 Å². The highest BCUT2D eigenvalue weighted by Crippen LogP contribution is 2.26. The van der Waals surface area contributed by atoms with Gasteiger partial charge in [-0.3, -0.25) is 4.79 Å². The van der Waals surface area contributed by atoms with Gasteiger partial charge in [-0.15, -0.1) is 0 Å². The van der Waals surface area contributed by atoms with Crippen LogP contribution in [0, 0.1) is 12.7 Å². The monoisotopic (exact) mass is 452 g/mol. The molecule has 7 nitrogen and oxygen atoms in total. The summed E-state index contributed by atoms with van der Waals surface area (Å²) in [6.07, 6.45) is 7.57. The fourth-order valence-corrected chi connectivity index (χ4v) is 4.58. The van der Waals surface area contributed by atoms with E-state index in [1.54, 1.807) is 23.8 Å². The number of carbonyl (C=O) groups is 1. The fourth-order valence-electron chi connectivity index (χ4n) is 3.82. The lowest BCUT2D eigenvalue weighted by Gasteiger charge is -2.25. The van der Waals surface area contributed by atoms with E-state index in [9.17, 15) is 9.18 Å². The number of pyridine rings is 2. The van der Waals surface area contributed by atoms with E-state index in [-0.39, 0.29) is 5.82 Å². The van der Waals surface area contributed by atoms with Crippen molar-refractivity contribution in [3.05, 3.63) is 58.9 Å². The molecule has 0 radical (unpaired) electrons. The first-order valence-electron chi connectivity index (χ1n) is 10.4. The number of thiazole rings is 1. The van der Waals surface area contributed by atoms with E-state index in [0.717, 1.165) is 40.1 Å². The Kier molecular flexibility index (Phi) is 6.29. The zero-order valence-corrected chi connectivity index (χ0v) is 19.2. The van der Waals surface area contributed by atoms with Gasteiger partial charge < -0.3 is 15.0 Å². The molecule has 1 aliphatic rings. The van der Waals surface area contributed by atoms with Crippen molar-refractivity contribution in [2.24, 2.45) is 0 Å². The molecular formula is C23H25FN6OS. The van der Waals surface area contributed by atoms with Crippen molar-refractivity contribution in [2.45, 2.75) is 39.3 Å². The van der Waals surface area contributed by atoms with Gasteiger partial charge in [0.2, 0.25) is 0 Å². The predicted molar refractivity (Wildman–Crippen MR) is 127 cm³/mol. The van der Waals surface area contributed by atoms with Crippen LogP contribution in [0.5, 0.6) is 0 Å². The second kappa shape index (κ2) is 9.13. The quantitative estimate of drug-likeness (QED) is 0.446. The molecule has 4 aromatic rings. The smallest absolute Gasteiger partial charge is 0.178 e. The number of halogens is 1. The van der Waals surface area contributed by atoms with Crippen LogP contribution in [0.25, 0.3) is 21.6 Å². The Morgan fingerprint density at radius 1 is 1.25 bits per heavy atom. The number of hydrogen-bond acceptors (Lipinski definition) is 7. The van der Waals surface area contributed by atoms with Crippen LogP contribution in [-0.2, 0) is 0 Å². The average Bonchev–Trinajstić information content (AvgIpc) is 3.35. The Morgan fingerprint density at radius 2 is 2.06 bits per heavy atom. The maximum atomic E-state index is 13.3. The summed E-state index contributed by atoms with van der Waals surface area (Å²) in [5.41, 5.74) is 4.98. The molecule has 0 bridgehead atoms. The number of nitrogens with one attached hydrogen (secondary N) is 2. The molecule has 0 fully saturated rings. The standard InChI is InChI=1S/C14H15N3OS.C9H10FN3/c1-8-5-10(6-9(2)15-8)11-3-4-12-14(17-11)19-13(7-18)16-12;1-6-4-13-5-7(11-2)3-8(10)9(13)12-6/h3-5,7-9,15H,6H2,1-2H3;3-5,11H,1-2H3. The predicted octanol–water partition coefficient (Wildman–Crippen LogP) is 4.48. The molecule has 0 amide bonds. The Balaban J connectivity index is 0.000000165. The van der Waals surface area contributed by atoms with Gasteiger partial charge in [0.1, 0.15) is 10.3 Å². The van der Waals surface area contributed by atoms with Crippen molar-refractivity contribution in [3.8, 4) is 0 Å². The first-order chi connectivity index (χ1) is 15.4. The molecule has 2 N–H and O–H groups in total. The Labute approximate surface area is 189 Å². The average molecular weight is 453 g/mol. The van der Waals surface area contributed by atoms with Gasteiger partial charge in [0.15, 0.2) is 22.8 Å². The molecule has 0 aromatic carbocycles. The first-order valence-corrected chi connectivity index (χ1v) is 11.2. The van der Waals surface area contributed by atoms with Crippen molar-refractivity contribution in [3.63, 3.8) is 0 Å². The van der Waals surface area contributed by atoms with Gasteiger partial charge in [0.05, 0.1) is 17.1 Å². The highest BCUT2D eigenvalue weighted by Gasteiger charge is 2.18. The van der Waals surface area contributed by atoms with Crippen molar-refractivity contribution in [1.29, 1.82) is 0 Å². The Morgan fingerprint density at radius 3 is 2.78 bits per heavy atom. The Hall–Kier alpha value is -3.17. The number of anilines is 1. The van der Waals surface area contributed by atoms with Gasteiger partial charge in [-0.1, -0.05) is 17.4 Å². The van der Waals surface area contributed by atoms with Crippen LogP contribution >= 0.6 is 11.3 Å². The minimum Gasteiger partial charge on any atom is -0.387 e. The minimum atomic E-state index is -0.306. The van der Waals surface area contributed by atoms with Crippen LogP contribution in [0.3, 0.4) is 0 Å². The normalized spacial score (nSPS) is 18.2. The first kappa shape index (κ1) is 22.0. The molecule has 5 rings (SSSR count). The number of hydrogen-bond donors (Lipinski definition) is 2. The molecule has 2 atom stereocenters. The zero-order chi connectivity index (χ0) is 22.8. The van der Waals surface area contributed by atoms with Crippen LogP contribution in [0.4, 0.5) is 10.1 Å². The molecule has 4 aromatic heterocycles. The maximum Gasteiger partial charge on any atom is 0.178 e. The summed E-state index contributed by atoms with van der Waals surface area (Å²) in [4.78, 5) is 24.5. The number of aromatic nitrogens is 4. The number of nitrogens with zero attached hydrogens (tertiary/aromatic N) is 4. The van der Waals surface area contributed by atoms with Crippen LogP contribution < -0.4 is 10.6 Å².